The lowest BCUT2D eigenvalue weighted by molar-refractivity contribution is -0.123. The summed E-state index contributed by atoms with van der Waals surface area (Å²) in [7, 11) is 0. The van der Waals surface area contributed by atoms with Crippen LogP contribution in [0.15, 0.2) is 0 Å². The summed E-state index contributed by atoms with van der Waals surface area (Å²) in [6.45, 7) is 5.47. The maximum absolute atomic E-state index is 11.9. The Kier molecular flexibility index (Phi) is 2.70. The molecule has 0 radical (unpaired) electrons. The zero-order valence-corrected chi connectivity index (χ0v) is 9.65. The zero-order valence-electron chi connectivity index (χ0n) is 8.83. The summed E-state index contributed by atoms with van der Waals surface area (Å²) < 4.78 is 0. The fraction of sp³-hybridized carbons (Fsp3) is 0.667. The van der Waals surface area contributed by atoms with Gasteiger partial charge in [-0.2, -0.15) is 0 Å². The Morgan fingerprint density at radius 3 is 2.93 bits per heavy atom. The first-order chi connectivity index (χ1) is 7.10. The number of aromatic nitrogens is 2. The van der Waals surface area contributed by atoms with Crippen molar-refractivity contribution in [3.63, 3.8) is 0 Å². The van der Waals surface area contributed by atoms with Crippen LogP contribution in [0.25, 0.3) is 0 Å². The molecule has 0 spiro atoms. The van der Waals surface area contributed by atoms with E-state index in [1.165, 1.54) is 11.3 Å². The van der Waals surface area contributed by atoms with Gasteiger partial charge in [-0.1, -0.05) is 11.3 Å². The summed E-state index contributed by atoms with van der Waals surface area (Å²) in [5.74, 6) is 0.0312. The molecule has 1 aliphatic heterocycles. The minimum atomic E-state index is -0.306. The number of nitrogens with zero attached hydrogens (tertiary/aromatic N) is 2. The van der Waals surface area contributed by atoms with E-state index in [2.05, 4.69) is 20.8 Å². The number of hydrogen-bond donors (Lipinski definition) is 2. The molecule has 1 saturated heterocycles. The van der Waals surface area contributed by atoms with E-state index in [0.29, 0.717) is 5.13 Å². The second kappa shape index (κ2) is 3.86. The normalized spacial score (nSPS) is 25.5. The Morgan fingerprint density at radius 2 is 2.40 bits per heavy atom. The molecule has 2 heterocycles. The van der Waals surface area contributed by atoms with Gasteiger partial charge in [0.25, 0.3) is 0 Å². The highest BCUT2D eigenvalue weighted by Gasteiger charge is 2.36. The third-order valence-corrected chi connectivity index (χ3v) is 3.42. The average Bonchev–Trinajstić information content (AvgIpc) is 2.76. The number of carbonyl (C=O) groups is 1. The molecule has 1 amide bonds. The largest absolute Gasteiger partial charge is 0.316 e. The standard InChI is InChI=1S/C9H14N4OS/c1-6-12-13-8(15-6)11-7(14)9(2)3-4-10-5-9/h10H,3-5H2,1-2H3,(H,11,13,14). The highest BCUT2D eigenvalue weighted by atomic mass is 32.1. The molecule has 5 nitrogen and oxygen atoms in total. The first-order valence-electron chi connectivity index (χ1n) is 4.92. The van der Waals surface area contributed by atoms with Crippen molar-refractivity contribution in [1.82, 2.24) is 15.5 Å². The van der Waals surface area contributed by atoms with E-state index in [1.807, 2.05) is 13.8 Å². The molecule has 1 atom stereocenters. The van der Waals surface area contributed by atoms with Crippen LogP contribution in [-0.2, 0) is 4.79 Å². The quantitative estimate of drug-likeness (QED) is 0.782. The number of aryl methyl sites for hydroxylation is 1. The van der Waals surface area contributed by atoms with Crippen LogP contribution in [0.5, 0.6) is 0 Å². The number of carbonyl (C=O) groups excluding carboxylic acids is 1. The van der Waals surface area contributed by atoms with E-state index in [-0.39, 0.29) is 11.3 Å². The summed E-state index contributed by atoms with van der Waals surface area (Å²) >= 11 is 1.40. The Labute approximate surface area is 92.3 Å². The highest BCUT2D eigenvalue weighted by Crippen LogP contribution is 2.26. The molecule has 1 aromatic heterocycles. The van der Waals surface area contributed by atoms with Crippen LogP contribution in [0.4, 0.5) is 5.13 Å². The molecule has 6 heteroatoms. The third kappa shape index (κ3) is 2.15. The van der Waals surface area contributed by atoms with Crippen molar-refractivity contribution in [3.8, 4) is 0 Å². The monoisotopic (exact) mass is 226 g/mol. The van der Waals surface area contributed by atoms with Crippen LogP contribution in [0.2, 0.25) is 0 Å². The van der Waals surface area contributed by atoms with Gasteiger partial charge in [-0.3, -0.25) is 4.79 Å². The van der Waals surface area contributed by atoms with Crippen molar-refractivity contribution in [1.29, 1.82) is 0 Å². The lowest BCUT2D eigenvalue weighted by Gasteiger charge is -2.19. The van der Waals surface area contributed by atoms with E-state index in [9.17, 15) is 4.79 Å². The van der Waals surface area contributed by atoms with Gasteiger partial charge in [-0.15, -0.1) is 10.2 Å². The Morgan fingerprint density at radius 1 is 1.60 bits per heavy atom. The predicted octanol–water partition coefficient (Wildman–Crippen LogP) is 0.785. The predicted molar refractivity (Wildman–Crippen MR) is 58.9 cm³/mol. The van der Waals surface area contributed by atoms with Gasteiger partial charge >= 0.3 is 0 Å². The van der Waals surface area contributed by atoms with Gasteiger partial charge in [0.2, 0.25) is 11.0 Å². The molecule has 2 N–H and O–H groups in total. The molecular weight excluding hydrogens is 212 g/mol. The fourth-order valence-electron chi connectivity index (χ4n) is 1.61. The average molecular weight is 226 g/mol. The van der Waals surface area contributed by atoms with Crippen molar-refractivity contribution in [2.75, 3.05) is 18.4 Å². The van der Waals surface area contributed by atoms with Crippen LogP contribution in [0.1, 0.15) is 18.4 Å². The van der Waals surface area contributed by atoms with Crippen molar-refractivity contribution < 1.29 is 4.79 Å². The molecule has 0 aromatic carbocycles. The van der Waals surface area contributed by atoms with Crippen LogP contribution in [-0.4, -0.2) is 29.2 Å². The summed E-state index contributed by atoms with van der Waals surface area (Å²) in [4.78, 5) is 11.9. The number of nitrogens with one attached hydrogen (secondary N) is 2. The van der Waals surface area contributed by atoms with Crippen LogP contribution < -0.4 is 10.6 Å². The van der Waals surface area contributed by atoms with Gasteiger partial charge in [0.1, 0.15) is 5.01 Å². The summed E-state index contributed by atoms with van der Waals surface area (Å²) in [6, 6.07) is 0. The minimum Gasteiger partial charge on any atom is -0.316 e. The topological polar surface area (TPSA) is 66.9 Å². The van der Waals surface area contributed by atoms with E-state index in [4.69, 9.17) is 0 Å². The molecule has 0 bridgehead atoms. The third-order valence-electron chi connectivity index (χ3n) is 2.66. The van der Waals surface area contributed by atoms with Crippen molar-refractivity contribution >= 4 is 22.4 Å². The van der Waals surface area contributed by atoms with E-state index >= 15 is 0 Å². The zero-order chi connectivity index (χ0) is 10.9. The Bertz CT molecular complexity index is 370. The number of hydrogen-bond acceptors (Lipinski definition) is 5. The van der Waals surface area contributed by atoms with Crippen LogP contribution >= 0.6 is 11.3 Å². The van der Waals surface area contributed by atoms with Crippen molar-refractivity contribution in [2.45, 2.75) is 20.3 Å². The van der Waals surface area contributed by atoms with Crippen LogP contribution in [0, 0.1) is 12.3 Å². The van der Waals surface area contributed by atoms with Gasteiger partial charge in [0.05, 0.1) is 5.41 Å². The van der Waals surface area contributed by atoms with Gasteiger partial charge < -0.3 is 10.6 Å². The summed E-state index contributed by atoms with van der Waals surface area (Å²) in [6.07, 6.45) is 0.872. The highest BCUT2D eigenvalue weighted by molar-refractivity contribution is 7.15. The number of amides is 1. The maximum atomic E-state index is 11.9. The molecule has 82 valence electrons. The van der Waals surface area contributed by atoms with E-state index in [0.717, 1.165) is 24.5 Å². The molecule has 0 saturated carbocycles. The Hall–Kier alpha value is -1.01. The van der Waals surface area contributed by atoms with Crippen molar-refractivity contribution in [2.24, 2.45) is 5.41 Å². The molecular formula is C9H14N4OS. The molecule has 0 aliphatic carbocycles. The molecule has 2 rings (SSSR count). The SMILES string of the molecule is Cc1nnc(NC(=O)C2(C)CCNC2)s1. The van der Waals surface area contributed by atoms with Gasteiger partial charge in [0.15, 0.2) is 0 Å². The lowest BCUT2D eigenvalue weighted by Crippen LogP contribution is -2.35. The number of rotatable bonds is 2. The van der Waals surface area contributed by atoms with Crippen LogP contribution in [0.3, 0.4) is 0 Å². The van der Waals surface area contributed by atoms with Crippen molar-refractivity contribution in [3.05, 3.63) is 5.01 Å². The minimum absolute atomic E-state index is 0.0312. The summed E-state index contributed by atoms with van der Waals surface area (Å²) in [5.41, 5.74) is -0.306. The second-order valence-electron chi connectivity index (χ2n) is 4.07. The number of anilines is 1. The molecule has 15 heavy (non-hydrogen) atoms. The maximum Gasteiger partial charge on any atom is 0.233 e. The molecule has 1 fully saturated rings. The van der Waals surface area contributed by atoms with E-state index in [1.54, 1.807) is 0 Å². The lowest BCUT2D eigenvalue weighted by atomic mass is 9.89. The van der Waals surface area contributed by atoms with Gasteiger partial charge in [-0.05, 0) is 26.8 Å². The second-order valence-corrected chi connectivity index (χ2v) is 5.25. The smallest absolute Gasteiger partial charge is 0.233 e. The first kappa shape index (κ1) is 10.5. The molecule has 1 aromatic rings. The summed E-state index contributed by atoms with van der Waals surface area (Å²) in [5, 5.41) is 15.2. The van der Waals surface area contributed by atoms with Gasteiger partial charge in [0, 0.05) is 6.54 Å². The molecule has 1 aliphatic rings. The fourth-order valence-corrected chi connectivity index (χ4v) is 2.19. The first-order valence-corrected chi connectivity index (χ1v) is 5.74. The molecule has 1 unspecified atom stereocenters. The van der Waals surface area contributed by atoms with Gasteiger partial charge in [-0.25, -0.2) is 0 Å². The van der Waals surface area contributed by atoms with E-state index < -0.39 is 0 Å². The Balaban J connectivity index is 2.03.